The lowest BCUT2D eigenvalue weighted by molar-refractivity contribution is 0.129. The van der Waals surface area contributed by atoms with Crippen molar-refractivity contribution in [1.82, 2.24) is 5.12 Å². The predicted molar refractivity (Wildman–Crippen MR) is 19.1 cm³/mol. The van der Waals surface area contributed by atoms with Gasteiger partial charge in [0.1, 0.15) is 0 Å². The summed E-state index contributed by atoms with van der Waals surface area (Å²) in [5, 5.41) is 0.389. The van der Waals surface area contributed by atoms with Gasteiger partial charge in [-0.2, -0.15) is 0 Å². The number of halogens is 1. The fourth-order valence-corrected chi connectivity index (χ4v) is 0. The first kappa shape index (κ1) is 4.47. The van der Waals surface area contributed by atoms with Crippen LogP contribution in [0.3, 0.4) is 0 Å². The number of nitrogens with zero attached hydrogens (tertiary/aromatic N) is 1. The van der Waals surface area contributed by atoms with E-state index in [0.29, 0.717) is 5.12 Å². The average Bonchev–Trinajstić information content (AvgIpc) is 1.38. The molecule has 0 aliphatic heterocycles. The van der Waals surface area contributed by atoms with Crippen LogP contribution in [0.2, 0.25) is 0 Å². The first-order chi connectivity index (χ1) is 2.27. The Kier molecular flexibility index (Phi) is 1.57. The van der Waals surface area contributed by atoms with Gasteiger partial charge in [0.15, 0.2) is 0 Å². The maximum Gasteiger partial charge on any atom is 0.0387 e. The Labute approximate surface area is 30.6 Å². The van der Waals surface area contributed by atoms with E-state index in [1.165, 1.54) is 7.05 Å². The summed E-state index contributed by atoms with van der Waals surface area (Å²) in [6, 6.07) is 0. The van der Waals surface area contributed by atoms with E-state index >= 15 is 0 Å². The quantitative estimate of drug-likeness (QED) is 0.419. The molecule has 2 heteroatoms. The zero-order chi connectivity index (χ0) is 4.28. The van der Waals surface area contributed by atoms with E-state index in [1.807, 2.05) is 0 Å². The Bertz CT molecular complexity index is 33.9. The molecule has 0 aromatic rings. The maximum absolute atomic E-state index is 11.1. The Balaban J connectivity index is 2.83. The highest BCUT2D eigenvalue weighted by Crippen LogP contribution is 1.74. The SMILES string of the molecule is C=CN(C)F. The van der Waals surface area contributed by atoms with Crippen molar-refractivity contribution in [3.8, 4) is 0 Å². The number of hydrogen-bond acceptors (Lipinski definition) is 1. The van der Waals surface area contributed by atoms with Gasteiger partial charge >= 0.3 is 0 Å². The van der Waals surface area contributed by atoms with Gasteiger partial charge in [-0.1, -0.05) is 6.58 Å². The fraction of sp³-hybridized carbons (Fsp3) is 0.333. The molecule has 0 atom stereocenters. The molecule has 0 fully saturated rings. The van der Waals surface area contributed by atoms with E-state index in [-0.39, 0.29) is 0 Å². The van der Waals surface area contributed by atoms with Gasteiger partial charge in [0.05, 0.1) is 0 Å². The minimum atomic E-state index is 0.389. The molecule has 0 bridgehead atoms. The second-order valence-corrected chi connectivity index (χ2v) is 0.707. The van der Waals surface area contributed by atoms with Gasteiger partial charge in [0.2, 0.25) is 0 Å². The van der Waals surface area contributed by atoms with Crippen LogP contribution in [0.5, 0.6) is 0 Å². The molecule has 30 valence electrons. The van der Waals surface area contributed by atoms with Crippen molar-refractivity contribution >= 4 is 0 Å². The molecule has 1 nitrogen and oxygen atoms in total. The van der Waals surface area contributed by atoms with E-state index in [2.05, 4.69) is 6.58 Å². The van der Waals surface area contributed by atoms with Crippen LogP contribution in [0, 0.1) is 0 Å². The zero-order valence-electron chi connectivity index (χ0n) is 3.11. The molecule has 0 heterocycles. The summed E-state index contributed by atoms with van der Waals surface area (Å²) in [6.07, 6.45) is 1.08. The highest BCUT2D eigenvalue weighted by molar-refractivity contribution is 4.54. The molecule has 0 aromatic carbocycles. The highest BCUT2D eigenvalue weighted by Gasteiger charge is 1.68. The Morgan fingerprint density at radius 2 is 2.20 bits per heavy atom. The van der Waals surface area contributed by atoms with E-state index in [1.54, 1.807) is 0 Å². The van der Waals surface area contributed by atoms with Gasteiger partial charge in [-0.25, -0.2) is 5.12 Å². The van der Waals surface area contributed by atoms with E-state index in [9.17, 15) is 4.48 Å². The van der Waals surface area contributed by atoms with Crippen LogP contribution >= 0.6 is 0 Å². The van der Waals surface area contributed by atoms with Crippen molar-refractivity contribution in [3.63, 3.8) is 0 Å². The molecule has 0 aliphatic carbocycles. The second-order valence-electron chi connectivity index (χ2n) is 0.707. The molecule has 0 unspecified atom stereocenters. The van der Waals surface area contributed by atoms with Gasteiger partial charge < -0.3 is 0 Å². The summed E-state index contributed by atoms with van der Waals surface area (Å²) in [4.78, 5) is 0. The largest absolute Gasteiger partial charge is 0.223 e. The monoisotopic (exact) mass is 75.0 g/mol. The molecule has 0 amide bonds. The Morgan fingerprint density at radius 3 is 2.20 bits per heavy atom. The van der Waals surface area contributed by atoms with Gasteiger partial charge in [-0.05, 0) is 0 Å². The molecule has 0 aromatic heterocycles. The topological polar surface area (TPSA) is 3.24 Å². The summed E-state index contributed by atoms with van der Waals surface area (Å²) < 4.78 is 11.1. The van der Waals surface area contributed by atoms with Gasteiger partial charge in [-0.3, -0.25) is 0 Å². The summed E-state index contributed by atoms with van der Waals surface area (Å²) >= 11 is 0. The average molecular weight is 75.1 g/mol. The number of hydrogen-bond donors (Lipinski definition) is 0. The van der Waals surface area contributed by atoms with E-state index in [4.69, 9.17) is 0 Å². The van der Waals surface area contributed by atoms with Gasteiger partial charge in [-0.15, -0.1) is 4.48 Å². The normalized spacial score (nSPS) is 6.80. The van der Waals surface area contributed by atoms with Crippen molar-refractivity contribution in [3.05, 3.63) is 12.8 Å². The minimum absolute atomic E-state index is 0.389. The molecule has 0 radical (unpaired) electrons. The molecule has 0 spiro atoms. The van der Waals surface area contributed by atoms with Crippen molar-refractivity contribution in [2.45, 2.75) is 0 Å². The smallest absolute Gasteiger partial charge is 0.0387 e. The van der Waals surface area contributed by atoms with Crippen molar-refractivity contribution in [2.75, 3.05) is 7.05 Å². The van der Waals surface area contributed by atoms with Crippen molar-refractivity contribution in [2.24, 2.45) is 0 Å². The third-order valence-corrected chi connectivity index (χ3v) is 0.252. The van der Waals surface area contributed by atoms with Crippen LogP contribution < -0.4 is 0 Å². The molecule has 0 saturated carbocycles. The molecular formula is C3H6FN. The maximum atomic E-state index is 11.1. The third kappa shape index (κ3) is 3.47. The van der Waals surface area contributed by atoms with Crippen molar-refractivity contribution < 1.29 is 4.48 Å². The molecule has 5 heavy (non-hydrogen) atoms. The summed E-state index contributed by atoms with van der Waals surface area (Å²) in [5.74, 6) is 0. The van der Waals surface area contributed by atoms with Crippen molar-refractivity contribution in [1.29, 1.82) is 0 Å². The Morgan fingerprint density at radius 1 is 2.00 bits per heavy atom. The molecule has 0 rings (SSSR count). The second kappa shape index (κ2) is 1.76. The molecular weight excluding hydrogens is 69.0 g/mol. The highest BCUT2D eigenvalue weighted by atomic mass is 19.2. The predicted octanol–water partition coefficient (Wildman–Crippen LogP) is 0.946. The standard InChI is InChI=1S/C3H6FN/c1-3-5(2)4/h3H,1H2,2H3. The van der Waals surface area contributed by atoms with Crippen LogP contribution in [0.1, 0.15) is 0 Å². The Hall–Kier alpha value is -0.530. The van der Waals surface area contributed by atoms with E-state index in [0.717, 1.165) is 6.20 Å². The van der Waals surface area contributed by atoms with Crippen LogP contribution in [-0.2, 0) is 0 Å². The molecule has 0 aliphatic rings. The lowest BCUT2D eigenvalue weighted by Gasteiger charge is -1.90. The van der Waals surface area contributed by atoms with Gasteiger partial charge in [0.25, 0.3) is 0 Å². The zero-order valence-corrected chi connectivity index (χ0v) is 3.11. The third-order valence-electron chi connectivity index (χ3n) is 0.252. The lowest BCUT2D eigenvalue weighted by Crippen LogP contribution is -1.89. The number of rotatable bonds is 1. The fourth-order valence-electron chi connectivity index (χ4n) is 0. The van der Waals surface area contributed by atoms with Crippen LogP contribution in [-0.4, -0.2) is 12.2 Å². The van der Waals surface area contributed by atoms with Crippen LogP contribution in [0.15, 0.2) is 12.8 Å². The molecule has 0 N–H and O–H groups in total. The van der Waals surface area contributed by atoms with Crippen LogP contribution in [0.25, 0.3) is 0 Å². The first-order valence-corrected chi connectivity index (χ1v) is 1.28. The molecule has 0 saturated heterocycles. The summed E-state index contributed by atoms with van der Waals surface area (Å²) in [5.41, 5.74) is 0. The van der Waals surface area contributed by atoms with Crippen LogP contribution in [0.4, 0.5) is 4.48 Å². The summed E-state index contributed by atoms with van der Waals surface area (Å²) in [6.45, 7) is 3.11. The summed E-state index contributed by atoms with van der Waals surface area (Å²) in [7, 11) is 1.27. The van der Waals surface area contributed by atoms with Gasteiger partial charge in [0, 0.05) is 13.2 Å². The lowest BCUT2D eigenvalue weighted by atomic mass is 11.0. The van der Waals surface area contributed by atoms with E-state index < -0.39 is 0 Å². The minimum Gasteiger partial charge on any atom is -0.223 e. The first-order valence-electron chi connectivity index (χ1n) is 1.28.